The molecular formula is C18H22N4O2S. The molecule has 0 saturated carbocycles. The summed E-state index contributed by atoms with van der Waals surface area (Å²) in [6.07, 6.45) is 0. The summed E-state index contributed by atoms with van der Waals surface area (Å²) in [6, 6.07) is 8.20. The Labute approximate surface area is 151 Å². The molecule has 1 aromatic heterocycles. The minimum atomic E-state index is -0.222. The minimum absolute atomic E-state index is 0.0567. The molecule has 1 saturated heterocycles. The van der Waals surface area contributed by atoms with Gasteiger partial charge in [-0.1, -0.05) is 38.1 Å². The number of benzene rings is 1. The largest absolute Gasteiger partial charge is 0.326 e. The summed E-state index contributed by atoms with van der Waals surface area (Å²) in [6.45, 7) is 5.61. The van der Waals surface area contributed by atoms with Gasteiger partial charge in [-0.25, -0.2) is 9.78 Å². The van der Waals surface area contributed by atoms with Crippen LogP contribution in [0.5, 0.6) is 0 Å². The molecule has 1 aliphatic heterocycles. The number of likely N-dealkylation sites (N-methyl/N-ethyl adjacent to an activating group) is 1. The Balaban J connectivity index is 1.61. The zero-order valence-electron chi connectivity index (χ0n) is 14.7. The van der Waals surface area contributed by atoms with Crippen molar-refractivity contribution < 1.29 is 9.59 Å². The monoisotopic (exact) mass is 358 g/mol. The van der Waals surface area contributed by atoms with Crippen LogP contribution in [0.15, 0.2) is 29.6 Å². The molecule has 0 bridgehead atoms. The van der Waals surface area contributed by atoms with Gasteiger partial charge in [-0.3, -0.25) is 4.79 Å². The third-order valence-corrected chi connectivity index (χ3v) is 5.02. The van der Waals surface area contributed by atoms with Crippen molar-refractivity contribution in [2.45, 2.75) is 19.8 Å². The summed E-state index contributed by atoms with van der Waals surface area (Å²) in [5, 5.41) is 5.25. The molecule has 1 aromatic carbocycles. The maximum absolute atomic E-state index is 12.1. The number of aromatic nitrogens is 1. The van der Waals surface area contributed by atoms with Crippen LogP contribution in [0.25, 0.3) is 11.3 Å². The lowest BCUT2D eigenvalue weighted by Gasteiger charge is -2.14. The van der Waals surface area contributed by atoms with E-state index in [0.29, 0.717) is 24.1 Å². The summed E-state index contributed by atoms with van der Waals surface area (Å²) >= 11 is 1.39. The Hall–Kier alpha value is -2.41. The summed E-state index contributed by atoms with van der Waals surface area (Å²) in [4.78, 5) is 31.6. The number of thiazole rings is 1. The highest BCUT2D eigenvalue weighted by Crippen LogP contribution is 2.26. The predicted octanol–water partition coefficient (Wildman–Crippen LogP) is 3.24. The molecular weight excluding hydrogens is 336 g/mol. The summed E-state index contributed by atoms with van der Waals surface area (Å²) < 4.78 is 0. The maximum atomic E-state index is 12.1. The van der Waals surface area contributed by atoms with Gasteiger partial charge in [0.25, 0.3) is 0 Å². The van der Waals surface area contributed by atoms with Gasteiger partial charge in [0.15, 0.2) is 5.13 Å². The Kier molecular flexibility index (Phi) is 5.03. The van der Waals surface area contributed by atoms with Gasteiger partial charge in [-0.2, -0.15) is 0 Å². The Morgan fingerprint density at radius 2 is 2.00 bits per heavy atom. The zero-order valence-corrected chi connectivity index (χ0v) is 15.5. The lowest BCUT2D eigenvalue weighted by molar-refractivity contribution is -0.116. The van der Waals surface area contributed by atoms with Crippen LogP contribution in [-0.2, 0) is 4.79 Å². The van der Waals surface area contributed by atoms with Crippen molar-refractivity contribution in [2.24, 2.45) is 0 Å². The van der Waals surface area contributed by atoms with Gasteiger partial charge in [-0.15, -0.1) is 11.3 Å². The van der Waals surface area contributed by atoms with Gasteiger partial charge in [0.05, 0.1) is 5.69 Å². The van der Waals surface area contributed by atoms with Crippen LogP contribution < -0.4 is 5.32 Å². The maximum Gasteiger partial charge on any atom is 0.320 e. The Bertz CT molecular complexity index is 770. The average molecular weight is 358 g/mol. The molecule has 6 nitrogen and oxygen atoms in total. The fraction of sp³-hybridized carbons (Fsp3) is 0.389. The van der Waals surface area contributed by atoms with E-state index >= 15 is 0 Å². The molecule has 3 amide bonds. The molecule has 0 atom stereocenters. The fourth-order valence-electron chi connectivity index (χ4n) is 2.68. The van der Waals surface area contributed by atoms with Crippen LogP contribution in [0.2, 0.25) is 0 Å². The zero-order chi connectivity index (χ0) is 18.0. The molecule has 0 spiro atoms. The highest BCUT2D eigenvalue weighted by molar-refractivity contribution is 7.14. The predicted molar refractivity (Wildman–Crippen MR) is 99.9 cm³/mol. The molecule has 132 valence electrons. The quantitative estimate of drug-likeness (QED) is 0.892. The van der Waals surface area contributed by atoms with Gasteiger partial charge in [0, 0.05) is 31.1 Å². The number of hydrogen-bond acceptors (Lipinski definition) is 4. The first-order valence-corrected chi connectivity index (χ1v) is 9.18. The second-order valence-corrected chi connectivity index (χ2v) is 7.35. The molecule has 1 N–H and O–H groups in total. The van der Waals surface area contributed by atoms with E-state index < -0.39 is 0 Å². The summed E-state index contributed by atoms with van der Waals surface area (Å²) in [5.74, 6) is 0.270. The van der Waals surface area contributed by atoms with Crippen molar-refractivity contribution in [3.8, 4) is 11.3 Å². The number of hydrogen-bond donors (Lipinski definition) is 1. The van der Waals surface area contributed by atoms with Crippen molar-refractivity contribution >= 4 is 28.4 Å². The molecule has 25 heavy (non-hydrogen) atoms. The third kappa shape index (κ3) is 3.99. The topological polar surface area (TPSA) is 65.5 Å². The molecule has 0 radical (unpaired) electrons. The first kappa shape index (κ1) is 17.4. The second-order valence-electron chi connectivity index (χ2n) is 6.49. The van der Waals surface area contributed by atoms with Crippen LogP contribution in [0.1, 0.15) is 25.3 Å². The van der Waals surface area contributed by atoms with Gasteiger partial charge in [-0.05, 0) is 11.5 Å². The van der Waals surface area contributed by atoms with Crippen molar-refractivity contribution in [3.05, 3.63) is 35.2 Å². The van der Waals surface area contributed by atoms with E-state index in [-0.39, 0.29) is 18.5 Å². The highest BCUT2D eigenvalue weighted by Gasteiger charge is 2.27. The van der Waals surface area contributed by atoms with Crippen molar-refractivity contribution in [1.29, 1.82) is 0 Å². The summed E-state index contributed by atoms with van der Waals surface area (Å²) in [7, 11) is 1.73. The number of nitrogens with one attached hydrogen (secondary N) is 1. The first-order valence-electron chi connectivity index (χ1n) is 8.30. The highest BCUT2D eigenvalue weighted by atomic mass is 32.1. The van der Waals surface area contributed by atoms with Crippen LogP contribution in [-0.4, -0.2) is 53.4 Å². The van der Waals surface area contributed by atoms with Crippen molar-refractivity contribution in [1.82, 2.24) is 14.8 Å². The fourth-order valence-corrected chi connectivity index (χ4v) is 3.42. The van der Waals surface area contributed by atoms with E-state index in [1.165, 1.54) is 21.8 Å². The standard InChI is InChI=1S/C18H22N4O2S/c1-12(2)13-4-6-14(7-5-13)15-11-25-17(19-15)20-16(23)10-22-9-8-21(3)18(22)24/h4-7,11-12H,8-10H2,1-3H3,(H,19,20,23). The number of amides is 3. The number of anilines is 1. The van der Waals surface area contributed by atoms with Crippen molar-refractivity contribution in [3.63, 3.8) is 0 Å². The number of rotatable bonds is 5. The number of carbonyl (C=O) groups excluding carboxylic acids is 2. The molecule has 2 heterocycles. The Morgan fingerprint density at radius 1 is 1.28 bits per heavy atom. The molecule has 2 aromatic rings. The van der Waals surface area contributed by atoms with E-state index in [1.54, 1.807) is 11.9 Å². The van der Waals surface area contributed by atoms with Crippen LogP contribution in [0, 0.1) is 0 Å². The molecule has 0 aliphatic carbocycles. The SMILES string of the molecule is CC(C)c1ccc(-c2csc(NC(=O)CN3CCN(C)C3=O)n2)cc1. The molecule has 0 unspecified atom stereocenters. The van der Waals surface area contributed by atoms with Gasteiger partial charge >= 0.3 is 6.03 Å². The van der Waals surface area contributed by atoms with Crippen LogP contribution >= 0.6 is 11.3 Å². The average Bonchev–Trinajstić information content (AvgIpc) is 3.17. The van der Waals surface area contributed by atoms with Crippen molar-refractivity contribution in [2.75, 3.05) is 32.0 Å². The number of nitrogens with zero attached hydrogens (tertiary/aromatic N) is 3. The van der Waals surface area contributed by atoms with E-state index in [0.717, 1.165) is 11.3 Å². The van der Waals surface area contributed by atoms with Gasteiger partial charge < -0.3 is 15.1 Å². The van der Waals surface area contributed by atoms with Crippen LogP contribution in [0.3, 0.4) is 0 Å². The smallest absolute Gasteiger partial charge is 0.320 e. The third-order valence-electron chi connectivity index (χ3n) is 4.26. The molecule has 7 heteroatoms. The molecule has 3 rings (SSSR count). The van der Waals surface area contributed by atoms with Gasteiger partial charge in [0.2, 0.25) is 5.91 Å². The normalized spacial score (nSPS) is 14.5. The lowest BCUT2D eigenvalue weighted by Crippen LogP contribution is -2.36. The van der Waals surface area contributed by atoms with E-state index in [9.17, 15) is 9.59 Å². The second kappa shape index (κ2) is 7.23. The molecule has 1 fully saturated rings. The Morgan fingerprint density at radius 3 is 2.60 bits per heavy atom. The summed E-state index contributed by atoms with van der Waals surface area (Å²) in [5.41, 5.74) is 3.15. The van der Waals surface area contributed by atoms with E-state index in [2.05, 4.69) is 48.4 Å². The molecule has 1 aliphatic rings. The lowest BCUT2D eigenvalue weighted by atomic mass is 10.0. The van der Waals surface area contributed by atoms with Gasteiger partial charge in [0.1, 0.15) is 6.54 Å². The van der Waals surface area contributed by atoms with Crippen LogP contribution in [0.4, 0.5) is 9.93 Å². The van der Waals surface area contributed by atoms with E-state index in [4.69, 9.17) is 0 Å². The number of carbonyl (C=O) groups is 2. The van der Waals surface area contributed by atoms with E-state index in [1.807, 2.05) is 5.38 Å². The first-order chi connectivity index (χ1) is 11.9. The minimum Gasteiger partial charge on any atom is -0.326 e. The number of urea groups is 1.